The zero-order chi connectivity index (χ0) is 10.4. The molecule has 0 fully saturated rings. The minimum Gasteiger partial charge on any atom is -0.487 e. The van der Waals surface area contributed by atoms with E-state index in [9.17, 15) is 4.79 Å². The number of benzene rings is 1. The Labute approximate surface area is 92.1 Å². The lowest BCUT2D eigenvalue weighted by Crippen LogP contribution is -1.99. The first kappa shape index (κ1) is 11.1. The van der Waals surface area contributed by atoms with E-state index in [1.807, 2.05) is 0 Å². The third kappa shape index (κ3) is 3.05. The lowest BCUT2D eigenvalue weighted by atomic mass is 10.2. The Bertz CT molecular complexity index is 348. The van der Waals surface area contributed by atoms with Gasteiger partial charge in [-0.25, -0.2) is 0 Å². The fourth-order valence-corrected chi connectivity index (χ4v) is 1.01. The summed E-state index contributed by atoms with van der Waals surface area (Å²) in [4.78, 5) is 10.6. The van der Waals surface area contributed by atoms with E-state index in [1.54, 1.807) is 24.3 Å². The predicted octanol–water partition coefficient (Wildman–Crippen LogP) is 3.20. The van der Waals surface area contributed by atoms with Crippen LogP contribution in [0.25, 0.3) is 0 Å². The Kier molecular flexibility index (Phi) is 4.50. The Morgan fingerprint density at radius 2 is 2.14 bits per heavy atom. The van der Waals surface area contributed by atoms with Crippen molar-refractivity contribution in [2.75, 3.05) is 6.61 Å². The van der Waals surface area contributed by atoms with E-state index in [1.165, 1.54) is 5.54 Å². The summed E-state index contributed by atoms with van der Waals surface area (Å²) in [6.07, 6.45) is 0.730. The average Bonchev–Trinajstić information content (AvgIpc) is 2.26. The van der Waals surface area contributed by atoms with Crippen molar-refractivity contribution in [1.82, 2.24) is 0 Å². The van der Waals surface area contributed by atoms with Crippen molar-refractivity contribution in [1.29, 1.82) is 0 Å². The molecule has 1 rings (SSSR count). The molecular formula is C10H8Cl2O2. The van der Waals surface area contributed by atoms with Crippen LogP contribution in [-0.2, 0) is 0 Å². The van der Waals surface area contributed by atoms with E-state index in [0.29, 0.717) is 16.3 Å². The van der Waals surface area contributed by atoms with Gasteiger partial charge >= 0.3 is 0 Å². The van der Waals surface area contributed by atoms with Gasteiger partial charge in [-0.2, -0.15) is 0 Å². The maximum Gasteiger partial charge on any atom is 0.153 e. The van der Waals surface area contributed by atoms with Crippen LogP contribution in [-0.4, -0.2) is 12.9 Å². The maximum absolute atomic E-state index is 10.6. The van der Waals surface area contributed by atoms with Gasteiger partial charge in [-0.3, -0.25) is 4.79 Å². The third-order valence-corrected chi connectivity index (χ3v) is 2.12. The molecule has 1 aromatic carbocycles. The molecule has 4 heteroatoms. The van der Waals surface area contributed by atoms with Crippen LogP contribution >= 0.6 is 23.2 Å². The minimum absolute atomic E-state index is 0.163. The van der Waals surface area contributed by atoms with E-state index in [2.05, 4.69) is 0 Å². The molecule has 0 unspecified atom stereocenters. The molecule has 0 aromatic heterocycles. The largest absolute Gasteiger partial charge is 0.487 e. The van der Waals surface area contributed by atoms with Gasteiger partial charge < -0.3 is 4.74 Å². The normalized spacial score (nSPS) is 11.1. The molecule has 0 atom stereocenters. The maximum atomic E-state index is 10.6. The first-order valence-corrected chi connectivity index (χ1v) is 4.71. The van der Waals surface area contributed by atoms with Crippen LogP contribution in [0.1, 0.15) is 10.4 Å². The number of rotatable bonds is 4. The molecule has 0 amide bonds. The molecule has 0 radical (unpaired) electrons. The van der Waals surface area contributed by atoms with Crippen LogP contribution in [0.3, 0.4) is 0 Å². The number of carbonyl (C=O) groups excluding carboxylic acids is 1. The summed E-state index contributed by atoms with van der Waals surface area (Å²) in [6, 6.07) is 6.90. The number of ether oxygens (including phenoxy) is 1. The molecule has 0 aliphatic rings. The van der Waals surface area contributed by atoms with E-state index in [-0.39, 0.29) is 6.61 Å². The molecule has 0 saturated heterocycles. The zero-order valence-corrected chi connectivity index (χ0v) is 8.76. The summed E-state index contributed by atoms with van der Waals surface area (Å²) < 4.78 is 5.26. The van der Waals surface area contributed by atoms with Crippen molar-refractivity contribution >= 4 is 29.5 Å². The number of hydrogen-bond donors (Lipinski definition) is 0. The molecule has 14 heavy (non-hydrogen) atoms. The second kappa shape index (κ2) is 5.68. The standard InChI is InChI=1S/C10H8Cl2O2/c11-5-9(12)7-14-10-4-2-1-3-8(10)6-13/h1-6H,7H2. The molecule has 2 nitrogen and oxygen atoms in total. The smallest absolute Gasteiger partial charge is 0.153 e. The summed E-state index contributed by atoms with van der Waals surface area (Å²) >= 11 is 11.0. The highest BCUT2D eigenvalue weighted by molar-refractivity contribution is 6.36. The summed E-state index contributed by atoms with van der Waals surface area (Å²) in [6.45, 7) is 0.163. The number of carbonyl (C=O) groups is 1. The quantitative estimate of drug-likeness (QED) is 0.743. The van der Waals surface area contributed by atoms with Gasteiger partial charge in [0.05, 0.1) is 10.6 Å². The van der Waals surface area contributed by atoms with Crippen LogP contribution in [0.4, 0.5) is 0 Å². The van der Waals surface area contributed by atoms with Gasteiger partial charge in [0.15, 0.2) is 6.29 Å². The molecule has 74 valence electrons. The first-order chi connectivity index (χ1) is 6.77. The average molecular weight is 231 g/mol. The summed E-state index contributed by atoms with van der Waals surface area (Å²) in [7, 11) is 0. The SMILES string of the molecule is O=Cc1ccccc1OCC(Cl)=CCl. The monoisotopic (exact) mass is 230 g/mol. The van der Waals surface area contributed by atoms with Crippen molar-refractivity contribution in [3.63, 3.8) is 0 Å². The highest BCUT2D eigenvalue weighted by atomic mass is 35.5. The molecule has 0 heterocycles. The fraction of sp³-hybridized carbons (Fsp3) is 0.100. The molecular weight excluding hydrogens is 223 g/mol. The van der Waals surface area contributed by atoms with E-state index < -0.39 is 0 Å². The Balaban J connectivity index is 2.71. The van der Waals surface area contributed by atoms with Gasteiger partial charge in [0.2, 0.25) is 0 Å². The molecule has 0 spiro atoms. The van der Waals surface area contributed by atoms with Crippen LogP contribution in [0.2, 0.25) is 0 Å². The van der Waals surface area contributed by atoms with E-state index >= 15 is 0 Å². The second-order valence-corrected chi connectivity index (χ2v) is 3.20. The van der Waals surface area contributed by atoms with Gasteiger partial charge in [0, 0.05) is 5.54 Å². The number of hydrogen-bond acceptors (Lipinski definition) is 2. The highest BCUT2D eigenvalue weighted by Crippen LogP contribution is 2.17. The van der Waals surface area contributed by atoms with Crippen molar-refractivity contribution in [3.8, 4) is 5.75 Å². The topological polar surface area (TPSA) is 26.3 Å². The first-order valence-electron chi connectivity index (χ1n) is 3.89. The van der Waals surface area contributed by atoms with Crippen LogP contribution in [0.15, 0.2) is 34.8 Å². The Morgan fingerprint density at radius 3 is 2.79 bits per heavy atom. The second-order valence-electron chi connectivity index (χ2n) is 2.50. The number of halogens is 2. The predicted molar refractivity (Wildman–Crippen MR) is 57.1 cm³/mol. The van der Waals surface area contributed by atoms with E-state index in [0.717, 1.165) is 6.29 Å². The Hall–Kier alpha value is -0.990. The van der Waals surface area contributed by atoms with Gasteiger partial charge in [0.25, 0.3) is 0 Å². The third-order valence-electron chi connectivity index (χ3n) is 1.53. The summed E-state index contributed by atoms with van der Waals surface area (Å²) in [5, 5.41) is 0.382. The summed E-state index contributed by atoms with van der Waals surface area (Å²) in [5.41, 5.74) is 1.72. The van der Waals surface area contributed by atoms with Crippen molar-refractivity contribution < 1.29 is 9.53 Å². The number of para-hydroxylation sites is 1. The van der Waals surface area contributed by atoms with Crippen molar-refractivity contribution in [2.24, 2.45) is 0 Å². The number of aldehydes is 1. The van der Waals surface area contributed by atoms with Crippen LogP contribution in [0.5, 0.6) is 5.75 Å². The molecule has 0 aliphatic heterocycles. The highest BCUT2D eigenvalue weighted by Gasteiger charge is 2.01. The Morgan fingerprint density at radius 1 is 1.43 bits per heavy atom. The van der Waals surface area contributed by atoms with Gasteiger partial charge in [-0.15, -0.1) is 0 Å². The molecule has 0 N–H and O–H groups in total. The molecule has 0 aliphatic carbocycles. The minimum atomic E-state index is 0.163. The lowest BCUT2D eigenvalue weighted by Gasteiger charge is -2.06. The van der Waals surface area contributed by atoms with Gasteiger partial charge in [-0.05, 0) is 12.1 Å². The van der Waals surface area contributed by atoms with Gasteiger partial charge in [0.1, 0.15) is 12.4 Å². The molecule has 0 bridgehead atoms. The molecule has 0 saturated carbocycles. The summed E-state index contributed by atoms with van der Waals surface area (Å²) in [5.74, 6) is 0.499. The molecule has 1 aromatic rings. The van der Waals surface area contributed by atoms with Gasteiger partial charge in [-0.1, -0.05) is 35.3 Å². The zero-order valence-electron chi connectivity index (χ0n) is 7.24. The van der Waals surface area contributed by atoms with Crippen molar-refractivity contribution in [2.45, 2.75) is 0 Å². The lowest BCUT2D eigenvalue weighted by molar-refractivity contribution is 0.112. The fourth-order valence-electron chi connectivity index (χ4n) is 0.888. The van der Waals surface area contributed by atoms with E-state index in [4.69, 9.17) is 27.9 Å². The van der Waals surface area contributed by atoms with Crippen LogP contribution in [0, 0.1) is 0 Å². The van der Waals surface area contributed by atoms with Crippen molar-refractivity contribution in [3.05, 3.63) is 40.4 Å². The van der Waals surface area contributed by atoms with Crippen LogP contribution < -0.4 is 4.74 Å².